The molecule has 0 fully saturated rings. The van der Waals surface area contributed by atoms with Gasteiger partial charge in [-0.25, -0.2) is 4.79 Å². The van der Waals surface area contributed by atoms with Crippen molar-refractivity contribution >= 4 is 12.0 Å². The number of carboxylic acid groups (broad SMARTS) is 1. The van der Waals surface area contributed by atoms with Gasteiger partial charge in [0, 0.05) is 12.6 Å². The normalized spacial score (nSPS) is 11.4. The zero-order valence-corrected chi connectivity index (χ0v) is 13.2. The highest BCUT2D eigenvalue weighted by Crippen LogP contribution is 2.14. The molecule has 3 heteroatoms. The van der Waals surface area contributed by atoms with E-state index in [1.807, 2.05) is 18.2 Å². The minimum atomic E-state index is -0.904. The van der Waals surface area contributed by atoms with Crippen molar-refractivity contribution in [2.24, 2.45) is 0 Å². The molecule has 21 heavy (non-hydrogen) atoms. The lowest BCUT2D eigenvalue weighted by atomic mass is 10.1. The number of carboxylic acids is 1. The summed E-state index contributed by atoms with van der Waals surface area (Å²) in [7, 11) is 0. The fraction of sp³-hybridized carbons (Fsp3) is 0.500. The summed E-state index contributed by atoms with van der Waals surface area (Å²) in [6.07, 6.45) is 7.71. The van der Waals surface area contributed by atoms with Crippen molar-refractivity contribution in [3.63, 3.8) is 0 Å². The monoisotopic (exact) mass is 289 g/mol. The van der Waals surface area contributed by atoms with Gasteiger partial charge in [0.15, 0.2) is 0 Å². The van der Waals surface area contributed by atoms with Gasteiger partial charge in [-0.1, -0.05) is 51.0 Å². The van der Waals surface area contributed by atoms with Gasteiger partial charge in [-0.05, 0) is 43.1 Å². The Morgan fingerprint density at radius 2 is 1.76 bits per heavy atom. The molecule has 1 aromatic carbocycles. The summed E-state index contributed by atoms with van der Waals surface area (Å²) in [5.74, 6) is -0.904. The van der Waals surface area contributed by atoms with E-state index in [0.717, 1.165) is 25.2 Å². The van der Waals surface area contributed by atoms with Crippen LogP contribution in [0.15, 0.2) is 30.3 Å². The molecule has 0 aromatic heterocycles. The largest absolute Gasteiger partial charge is 0.478 e. The Morgan fingerprint density at radius 3 is 2.33 bits per heavy atom. The molecule has 0 aliphatic rings. The van der Waals surface area contributed by atoms with Crippen molar-refractivity contribution in [2.75, 3.05) is 13.1 Å². The molecule has 0 saturated heterocycles. The molecule has 0 saturated carbocycles. The van der Waals surface area contributed by atoms with Crippen LogP contribution in [-0.4, -0.2) is 29.1 Å². The third-order valence-corrected chi connectivity index (χ3v) is 3.51. The summed E-state index contributed by atoms with van der Waals surface area (Å²) in [4.78, 5) is 13.2. The molecule has 0 heterocycles. The zero-order chi connectivity index (χ0) is 15.5. The lowest BCUT2D eigenvalue weighted by molar-refractivity contribution is -0.131. The van der Waals surface area contributed by atoms with Crippen LogP contribution >= 0.6 is 0 Å². The summed E-state index contributed by atoms with van der Waals surface area (Å²) in [6.45, 7) is 7.52. The van der Waals surface area contributed by atoms with Crippen LogP contribution in [0.1, 0.15) is 50.7 Å². The van der Waals surface area contributed by atoms with E-state index in [0.29, 0.717) is 0 Å². The second-order valence-corrected chi connectivity index (χ2v) is 5.35. The van der Waals surface area contributed by atoms with Gasteiger partial charge in [0.05, 0.1) is 0 Å². The van der Waals surface area contributed by atoms with Crippen LogP contribution in [-0.2, 0) is 11.3 Å². The molecule has 0 unspecified atom stereocenters. The van der Waals surface area contributed by atoms with Gasteiger partial charge in [0.25, 0.3) is 0 Å². The fourth-order valence-corrected chi connectivity index (χ4v) is 2.28. The first kappa shape index (κ1) is 17.4. The fourth-order valence-electron chi connectivity index (χ4n) is 2.28. The predicted molar refractivity (Wildman–Crippen MR) is 88.2 cm³/mol. The van der Waals surface area contributed by atoms with Gasteiger partial charge in [0.2, 0.25) is 0 Å². The smallest absolute Gasteiger partial charge is 0.328 e. The molecular weight excluding hydrogens is 262 g/mol. The molecule has 0 atom stereocenters. The van der Waals surface area contributed by atoms with Crippen molar-refractivity contribution in [2.45, 2.75) is 46.1 Å². The highest BCUT2D eigenvalue weighted by atomic mass is 16.4. The Morgan fingerprint density at radius 1 is 1.14 bits per heavy atom. The van der Waals surface area contributed by atoms with Gasteiger partial charge in [-0.2, -0.15) is 0 Å². The van der Waals surface area contributed by atoms with E-state index in [1.165, 1.54) is 37.3 Å². The predicted octanol–water partition coefficient (Wildman–Crippen LogP) is 4.19. The van der Waals surface area contributed by atoms with Gasteiger partial charge >= 0.3 is 5.97 Å². The van der Waals surface area contributed by atoms with Crippen molar-refractivity contribution in [3.05, 3.63) is 41.5 Å². The molecule has 0 spiro atoms. The van der Waals surface area contributed by atoms with Crippen LogP contribution < -0.4 is 0 Å². The third kappa shape index (κ3) is 7.09. The minimum absolute atomic E-state index is 0.889. The van der Waals surface area contributed by atoms with E-state index in [2.05, 4.69) is 24.8 Å². The van der Waals surface area contributed by atoms with Gasteiger partial charge < -0.3 is 5.11 Å². The maximum absolute atomic E-state index is 10.7. The quantitative estimate of drug-likeness (QED) is 0.657. The van der Waals surface area contributed by atoms with Gasteiger partial charge in [-0.3, -0.25) is 4.90 Å². The van der Waals surface area contributed by atoms with Crippen molar-refractivity contribution in [1.29, 1.82) is 0 Å². The Balaban J connectivity index is 2.79. The van der Waals surface area contributed by atoms with Crippen LogP contribution in [0.4, 0.5) is 0 Å². The highest BCUT2D eigenvalue weighted by Gasteiger charge is 2.07. The molecule has 1 aromatic rings. The first-order valence-electron chi connectivity index (χ1n) is 7.88. The van der Waals surface area contributed by atoms with E-state index < -0.39 is 5.97 Å². The number of nitrogens with zero attached hydrogens (tertiary/aromatic N) is 1. The minimum Gasteiger partial charge on any atom is -0.478 e. The Kier molecular flexibility index (Phi) is 8.44. The van der Waals surface area contributed by atoms with E-state index in [9.17, 15) is 4.79 Å². The third-order valence-electron chi connectivity index (χ3n) is 3.51. The number of unbranched alkanes of at least 4 members (excludes halogenated alkanes) is 2. The molecule has 0 aliphatic heterocycles. The number of benzene rings is 1. The van der Waals surface area contributed by atoms with Crippen LogP contribution in [0.25, 0.3) is 6.08 Å². The molecule has 0 bridgehead atoms. The number of rotatable bonds is 10. The molecule has 3 nitrogen and oxygen atoms in total. The highest BCUT2D eigenvalue weighted by molar-refractivity contribution is 5.85. The van der Waals surface area contributed by atoms with E-state index in [4.69, 9.17) is 5.11 Å². The summed E-state index contributed by atoms with van der Waals surface area (Å²) in [6, 6.07) is 8.04. The number of carbonyl (C=O) groups is 1. The summed E-state index contributed by atoms with van der Waals surface area (Å²) < 4.78 is 0. The number of hydrogen-bond donors (Lipinski definition) is 1. The Hall–Kier alpha value is -1.61. The first-order chi connectivity index (χ1) is 10.2. The average Bonchev–Trinajstić information content (AvgIpc) is 2.48. The summed E-state index contributed by atoms with van der Waals surface area (Å²) >= 11 is 0. The van der Waals surface area contributed by atoms with Crippen LogP contribution in [0.3, 0.4) is 0 Å². The summed E-state index contributed by atoms with van der Waals surface area (Å²) in [5, 5.41) is 8.78. The molecule has 1 rings (SSSR count). The molecule has 0 radical (unpaired) electrons. The molecular formula is C18H27NO2. The van der Waals surface area contributed by atoms with Crippen molar-refractivity contribution in [3.8, 4) is 0 Å². The SMILES string of the molecule is CCCCN(CCCC)Cc1ccccc1C=CC(=O)O. The maximum atomic E-state index is 10.7. The standard InChI is InChI=1S/C18H27NO2/c1-3-5-13-19(14-6-4-2)15-17-10-8-7-9-16(17)11-12-18(20)21/h7-12H,3-6,13-15H2,1-2H3,(H,20,21). The van der Waals surface area contributed by atoms with Gasteiger partial charge in [-0.15, -0.1) is 0 Å². The molecule has 1 N–H and O–H groups in total. The van der Waals surface area contributed by atoms with Crippen molar-refractivity contribution < 1.29 is 9.90 Å². The average molecular weight is 289 g/mol. The first-order valence-corrected chi connectivity index (χ1v) is 7.88. The van der Waals surface area contributed by atoms with Crippen LogP contribution in [0.5, 0.6) is 0 Å². The van der Waals surface area contributed by atoms with Gasteiger partial charge in [0.1, 0.15) is 0 Å². The van der Waals surface area contributed by atoms with E-state index in [-0.39, 0.29) is 0 Å². The Bertz CT molecular complexity index is 446. The Labute approximate surface area is 128 Å². The number of hydrogen-bond acceptors (Lipinski definition) is 2. The topological polar surface area (TPSA) is 40.5 Å². The van der Waals surface area contributed by atoms with Crippen molar-refractivity contribution in [1.82, 2.24) is 4.90 Å². The molecule has 116 valence electrons. The maximum Gasteiger partial charge on any atom is 0.328 e. The second-order valence-electron chi connectivity index (χ2n) is 5.35. The second kappa shape index (κ2) is 10.2. The van der Waals surface area contributed by atoms with Crippen LogP contribution in [0.2, 0.25) is 0 Å². The lowest BCUT2D eigenvalue weighted by Gasteiger charge is -2.23. The van der Waals surface area contributed by atoms with E-state index in [1.54, 1.807) is 6.08 Å². The zero-order valence-electron chi connectivity index (χ0n) is 13.2. The number of aliphatic carboxylic acids is 1. The van der Waals surface area contributed by atoms with E-state index >= 15 is 0 Å². The molecule has 0 aliphatic carbocycles. The summed E-state index contributed by atoms with van der Waals surface area (Å²) in [5.41, 5.74) is 2.19. The molecule has 0 amide bonds. The van der Waals surface area contributed by atoms with Crippen LogP contribution in [0, 0.1) is 0 Å². The lowest BCUT2D eigenvalue weighted by Crippen LogP contribution is -2.25.